The van der Waals surface area contributed by atoms with Crippen LogP contribution in [0.3, 0.4) is 0 Å². The number of nitrogens with zero attached hydrogens (tertiary/aromatic N) is 1. The second kappa shape index (κ2) is 5.77. The molecule has 5 nitrogen and oxygen atoms in total. The summed E-state index contributed by atoms with van der Waals surface area (Å²) in [6, 6.07) is 12.5. The molecule has 114 valence electrons. The van der Waals surface area contributed by atoms with Crippen LogP contribution in [0.1, 0.15) is 29.7 Å². The molecular formula is C17H17NO4. The normalized spacial score (nSPS) is 20.3. The summed E-state index contributed by atoms with van der Waals surface area (Å²) in [6.45, 7) is 2.03. The Bertz CT molecular complexity index is 696. The number of rotatable bonds is 3. The quantitative estimate of drug-likeness (QED) is 0.641. The zero-order valence-corrected chi connectivity index (χ0v) is 12.5. The molecular weight excluding hydrogens is 282 g/mol. The maximum atomic E-state index is 10.8. The molecule has 0 spiro atoms. The summed E-state index contributed by atoms with van der Waals surface area (Å²) < 4.78 is 11.4. The van der Waals surface area contributed by atoms with Crippen molar-refractivity contribution in [1.82, 2.24) is 0 Å². The zero-order valence-electron chi connectivity index (χ0n) is 12.5. The third-order valence-corrected chi connectivity index (χ3v) is 3.92. The number of nitro groups is 1. The van der Waals surface area contributed by atoms with E-state index in [-0.39, 0.29) is 17.9 Å². The van der Waals surface area contributed by atoms with Crippen LogP contribution in [0.25, 0.3) is 0 Å². The van der Waals surface area contributed by atoms with Crippen molar-refractivity contribution in [3.05, 3.63) is 69.3 Å². The van der Waals surface area contributed by atoms with Crippen LogP contribution < -0.4 is 4.74 Å². The van der Waals surface area contributed by atoms with Crippen LogP contribution in [0, 0.1) is 10.1 Å². The standard InChI is InChI=1S/C17H17NO4/c1-11-9-13-5-8-15(21-2)10-16(13)17(22-11)12-3-6-14(7-4-12)18(19)20/h3-8,10-11,17H,9H2,1-2H3. The fourth-order valence-electron chi connectivity index (χ4n) is 2.82. The molecule has 1 heterocycles. The molecule has 0 aliphatic carbocycles. The number of methoxy groups -OCH3 is 1. The van der Waals surface area contributed by atoms with Gasteiger partial charge in [-0.1, -0.05) is 6.07 Å². The summed E-state index contributed by atoms with van der Waals surface area (Å²) in [5.74, 6) is 0.781. The van der Waals surface area contributed by atoms with Crippen LogP contribution in [-0.4, -0.2) is 18.1 Å². The summed E-state index contributed by atoms with van der Waals surface area (Å²) in [5.41, 5.74) is 3.28. The Balaban J connectivity index is 2.02. The summed E-state index contributed by atoms with van der Waals surface area (Å²) in [6.07, 6.45) is 0.721. The smallest absolute Gasteiger partial charge is 0.269 e. The first-order valence-electron chi connectivity index (χ1n) is 7.15. The van der Waals surface area contributed by atoms with Gasteiger partial charge in [-0.15, -0.1) is 0 Å². The zero-order chi connectivity index (χ0) is 15.7. The minimum atomic E-state index is -0.398. The molecule has 0 amide bonds. The molecule has 2 unspecified atom stereocenters. The van der Waals surface area contributed by atoms with Crippen LogP contribution in [-0.2, 0) is 11.2 Å². The lowest BCUT2D eigenvalue weighted by atomic mass is 9.90. The van der Waals surface area contributed by atoms with Crippen molar-refractivity contribution in [2.75, 3.05) is 7.11 Å². The lowest BCUT2D eigenvalue weighted by Crippen LogP contribution is -2.24. The largest absolute Gasteiger partial charge is 0.497 e. The molecule has 2 atom stereocenters. The predicted octanol–water partition coefficient (Wildman–Crippen LogP) is 3.65. The number of nitro benzene ring substituents is 1. The van der Waals surface area contributed by atoms with Crippen molar-refractivity contribution in [2.24, 2.45) is 0 Å². The molecule has 0 saturated carbocycles. The molecule has 1 aliphatic rings. The van der Waals surface area contributed by atoms with Crippen LogP contribution in [0.2, 0.25) is 0 Å². The van der Waals surface area contributed by atoms with E-state index < -0.39 is 4.92 Å². The van der Waals surface area contributed by atoms with Crippen molar-refractivity contribution >= 4 is 5.69 Å². The van der Waals surface area contributed by atoms with E-state index in [0.29, 0.717) is 0 Å². The van der Waals surface area contributed by atoms with Gasteiger partial charge in [-0.25, -0.2) is 0 Å². The van der Waals surface area contributed by atoms with Gasteiger partial charge in [0.1, 0.15) is 11.9 Å². The van der Waals surface area contributed by atoms with Crippen molar-refractivity contribution in [2.45, 2.75) is 25.6 Å². The van der Waals surface area contributed by atoms with Crippen LogP contribution in [0.15, 0.2) is 42.5 Å². The Morgan fingerprint density at radius 3 is 2.59 bits per heavy atom. The van der Waals surface area contributed by atoms with E-state index in [1.165, 1.54) is 17.7 Å². The average Bonchev–Trinajstić information content (AvgIpc) is 2.53. The van der Waals surface area contributed by atoms with E-state index in [9.17, 15) is 10.1 Å². The first kappa shape index (κ1) is 14.5. The fraction of sp³-hybridized carbons (Fsp3) is 0.294. The van der Waals surface area contributed by atoms with E-state index >= 15 is 0 Å². The highest BCUT2D eigenvalue weighted by Gasteiger charge is 2.27. The molecule has 22 heavy (non-hydrogen) atoms. The lowest BCUT2D eigenvalue weighted by molar-refractivity contribution is -0.384. The van der Waals surface area contributed by atoms with Crippen molar-refractivity contribution < 1.29 is 14.4 Å². The SMILES string of the molecule is COc1ccc2c(c1)C(c1ccc([N+](=O)[O-])cc1)OC(C)C2. The van der Waals surface area contributed by atoms with Crippen molar-refractivity contribution in [1.29, 1.82) is 0 Å². The van der Waals surface area contributed by atoms with Gasteiger partial charge in [-0.3, -0.25) is 10.1 Å². The maximum Gasteiger partial charge on any atom is 0.269 e. The van der Waals surface area contributed by atoms with Gasteiger partial charge in [-0.05, 0) is 54.3 Å². The van der Waals surface area contributed by atoms with Gasteiger partial charge < -0.3 is 9.47 Å². The van der Waals surface area contributed by atoms with Gasteiger partial charge in [0, 0.05) is 12.1 Å². The minimum absolute atomic E-state index is 0.0819. The summed E-state index contributed by atoms with van der Waals surface area (Å²) in [5, 5.41) is 10.8. The average molecular weight is 299 g/mol. The van der Waals surface area contributed by atoms with Crippen molar-refractivity contribution in [3.8, 4) is 5.75 Å². The monoisotopic (exact) mass is 299 g/mol. The molecule has 3 rings (SSSR count). The first-order chi connectivity index (χ1) is 10.6. The Morgan fingerprint density at radius 2 is 1.95 bits per heavy atom. The number of non-ortho nitro benzene ring substituents is 1. The van der Waals surface area contributed by atoms with Gasteiger partial charge in [0.15, 0.2) is 0 Å². The number of ether oxygens (including phenoxy) is 2. The second-order valence-corrected chi connectivity index (χ2v) is 5.44. The number of hydrogen-bond donors (Lipinski definition) is 0. The molecule has 0 bridgehead atoms. The molecule has 0 radical (unpaired) electrons. The topological polar surface area (TPSA) is 61.6 Å². The van der Waals surface area contributed by atoms with Gasteiger partial charge in [-0.2, -0.15) is 0 Å². The Hall–Kier alpha value is -2.40. The van der Waals surface area contributed by atoms with E-state index in [4.69, 9.17) is 9.47 Å². The Labute approximate surface area is 128 Å². The molecule has 0 fully saturated rings. The van der Waals surface area contributed by atoms with Crippen LogP contribution >= 0.6 is 0 Å². The lowest BCUT2D eigenvalue weighted by Gasteiger charge is -2.31. The van der Waals surface area contributed by atoms with Crippen LogP contribution in [0.5, 0.6) is 5.75 Å². The molecule has 0 N–H and O–H groups in total. The molecule has 5 heteroatoms. The highest BCUT2D eigenvalue weighted by molar-refractivity contribution is 5.44. The molecule has 0 aromatic heterocycles. The molecule has 1 aliphatic heterocycles. The van der Waals surface area contributed by atoms with Crippen molar-refractivity contribution in [3.63, 3.8) is 0 Å². The number of fused-ring (bicyclic) bond motifs is 1. The van der Waals surface area contributed by atoms with E-state index in [0.717, 1.165) is 23.3 Å². The van der Waals surface area contributed by atoms with E-state index in [1.54, 1.807) is 19.2 Å². The van der Waals surface area contributed by atoms with Gasteiger partial charge >= 0.3 is 0 Å². The maximum absolute atomic E-state index is 10.8. The predicted molar refractivity (Wildman–Crippen MR) is 82.2 cm³/mol. The van der Waals surface area contributed by atoms with E-state index in [2.05, 4.69) is 6.07 Å². The molecule has 2 aromatic rings. The highest BCUT2D eigenvalue weighted by atomic mass is 16.6. The number of benzene rings is 2. The highest BCUT2D eigenvalue weighted by Crippen LogP contribution is 2.37. The molecule has 2 aromatic carbocycles. The summed E-state index contributed by atoms with van der Waals surface area (Å²) in [7, 11) is 1.63. The Morgan fingerprint density at radius 1 is 1.23 bits per heavy atom. The summed E-state index contributed by atoms with van der Waals surface area (Å²) in [4.78, 5) is 10.4. The number of hydrogen-bond acceptors (Lipinski definition) is 4. The summed E-state index contributed by atoms with van der Waals surface area (Å²) >= 11 is 0. The van der Waals surface area contributed by atoms with Crippen LogP contribution in [0.4, 0.5) is 5.69 Å². The third kappa shape index (κ3) is 2.67. The fourth-order valence-corrected chi connectivity index (χ4v) is 2.82. The Kier molecular flexibility index (Phi) is 3.81. The first-order valence-corrected chi connectivity index (χ1v) is 7.15. The third-order valence-electron chi connectivity index (χ3n) is 3.92. The van der Waals surface area contributed by atoms with Gasteiger partial charge in [0.2, 0.25) is 0 Å². The van der Waals surface area contributed by atoms with E-state index in [1.807, 2.05) is 19.1 Å². The molecule has 0 saturated heterocycles. The van der Waals surface area contributed by atoms with Gasteiger partial charge in [0.05, 0.1) is 18.1 Å². The minimum Gasteiger partial charge on any atom is -0.497 e. The second-order valence-electron chi connectivity index (χ2n) is 5.44. The van der Waals surface area contributed by atoms with Gasteiger partial charge in [0.25, 0.3) is 5.69 Å².